The van der Waals surface area contributed by atoms with Gasteiger partial charge in [-0.3, -0.25) is 0 Å². The number of rotatable bonds is 7. The molecule has 1 fully saturated rings. The van der Waals surface area contributed by atoms with Crippen molar-refractivity contribution in [3.8, 4) is 0 Å². The quantitative estimate of drug-likeness (QED) is 0.588. The Labute approximate surface area is 180 Å². The summed E-state index contributed by atoms with van der Waals surface area (Å²) in [6, 6.07) is 3.32. The number of hydrogen-bond acceptors (Lipinski definition) is 7. The van der Waals surface area contributed by atoms with Crippen molar-refractivity contribution in [3.63, 3.8) is 0 Å². The molecular weight excluding hydrogens is 425 g/mol. The zero-order valence-corrected chi connectivity index (χ0v) is 18.0. The van der Waals surface area contributed by atoms with Crippen molar-refractivity contribution >= 4 is 27.8 Å². The zero-order chi connectivity index (χ0) is 22.4. The van der Waals surface area contributed by atoms with E-state index < -0.39 is 15.8 Å². The molecule has 0 unspecified atom stereocenters. The fourth-order valence-electron chi connectivity index (χ4n) is 3.44. The number of anilines is 2. The van der Waals surface area contributed by atoms with Gasteiger partial charge in [0, 0.05) is 18.9 Å². The lowest BCUT2D eigenvalue weighted by molar-refractivity contribution is 0.0715. The molecule has 0 bridgehead atoms. The molecule has 2 aromatic rings. The monoisotopic (exact) mass is 451 g/mol. The van der Waals surface area contributed by atoms with E-state index >= 15 is 0 Å². The molecule has 1 amide bonds. The molecular formula is C20H26FN5O4S. The second kappa shape index (κ2) is 10.0. The third-order valence-electron chi connectivity index (χ3n) is 5.13. The SMILES string of the molecule is CCCNC(=O)O[C@H]1CC[C@@H](c2cnc(Nc3ccc(S(N)(=O)=O)cc3F)nc2)CC1. The molecule has 0 radical (unpaired) electrons. The Kier molecular flexibility index (Phi) is 7.39. The molecule has 1 aliphatic carbocycles. The average molecular weight is 452 g/mol. The summed E-state index contributed by atoms with van der Waals surface area (Å²) in [6.07, 6.45) is 7.03. The highest BCUT2D eigenvalue weighted by Crippen LogP contribution is 2.33. The summed E-state index contributed by atoms with van der Waals surface area (Å²) in [5.41, 5.74) is 1.00. The number of primary sulfonamides is 1. The Balaban J connectivity index is 1.55. The molecule has 31 heavy (non-hydrogen) atoms. The molecule has 9 nitrogen and oxygen atoms in total. The standard InChI is InChI=1S/C20H26FN5O4S/c1-2-9-23-20(27)30-15-5-3-13(4-6-15)14-11-24-19(25-12-14)26-18-8-7-16(10-17(18)21)31(22,28)29/h7-8,10-13,15H,2-6,9H2,1H3,(H,23,27)(H2,22,28,29)(H,24,25,26)/t13-,15+. The number of nitrogens with one attached hydrogen (secondary N) is 2. The van der Waals surface area contributed by atoms with Gasteiger partial charge in [-0.15, -0.1) is 0 Å². The van der Waals surface area contributed by atoms with Gasteiger partial charge in [0.1, 0.15) is 11.9 Å². The number of aromatic nitrogens is 2. The first-order valence-corrected chi connectivity index (χ1v) is 11.7. The second-order valence-corrected chi connectivity index (χ2v) is 9.02. The van der Waals surface area contributed by atoms with Gasteiger partial charge < -0.3 is 15.4 Å². The number of hydrogen-bond donors (Lipinski definition) is 3. The molecule has 4 N–H and O–H groups in total. The van der Waals surface area contributed by atoms with E-state index in [1.165, 1.54) is 12.1 Å². The number of sulfonamides is 1. The van der Waals surface area contributed by atoms with Crippen LogP contribution in [0, 0.1) is 5.82 Å². The number of alkyl carbamates (subject to hydrolysis) is 1. The van der Waals surface area contributed by atoms with Crippen molar-refractivity contribution in [1.29, 1.82) is 0 Å². The Hall–Kier alpha value is -2.79. The van der Waals surface area contributed by atoms with E-state index in [0.29, 0.717) is 6.54 Å². The summed E-state index contributed by atoms with van der Waals surface area (Å²) in [4.78, 5) is 19.8. The van der Waals surface area contributed by atoms with Gasteiger partial charge in [-0.05, 0) is 61.8 Å². The van der Waals surface area contributed by atoms with Crippen LogP contribution < -0.4 is 15.8 Å². The predicted molar refractivity (Wildman–Crippen MR) is 113 cm³/mol. The number of ether oxygens (including phenoxy) is 1. The van der Waals surface area contributed by atoms with Crippen LogP contribution in [0.2, 0.25) is 0 Å². The Bertz CT molecular complexity index is 1010. The molecule has 0 saturated heterocycles. The normalized spacial score (nSPS) is 18.9. The number of halogens is 1. The van der Waals surface area contributed by atoms with Gasteiger partial charge in [0.25, 0.3) is 0 Å². The lowest BCUT2D eigenvalue weighted by atomic mass is 9.84. The molecule has 1 aliphatic rings. The maximum absolute atomic E-state index is 14.2. The maximum Gasteiger partial charge on any atom is 0.407 e. The fraction of sp³-hybridized carbons (Fsp3) is 0.450. The van der Waals surface area contributed by atoms with Crippen LogP contribution in [0.4, 0.5) is 20.8 Å². The highest BCUT2D eigenvalue weighted by atomic mass is 32.2. The van der Waals surface area contributed by atoms with Crippen LogP contribution in [0.1, 0.15) is 50.5 Å². The van der Waals surface area contributed by atoms with E-state index in [2.05, 4.69) is 20.6 Å². The van der Waals surface area contributed by atoms with Crippen LogP contribution in [0.5, 0.6) is 0 Å². The molecule has 1 aromatic heterocycles. The van der Waals surface area contributed by atoms with Gasteiger partial charge >= 0.3 is 6.09 Å². The van der Waals surface area contributed by atoms with Gasteiger partial charge in [-0.25, -0.2) is 32.7 Å². The van der Waals surface area contributed by atoms with Crippen LogP contribution in [0.15, 0.2) is 35.5 Å². The highest BCUT2D eigenvalue weighted by Gasteiger charge is 2.25. The van der Waals surface area contributed by atoms with Crippen molar-refractivity contribution in [2.75, 3.05) is 11.9 Å². The Morgan fingerprint density at radius 1 is 1.23 bits per heavy atom. The smallest absolute Gasteiger partial charge is 0.407 e. The van der Waals surface area contributed by atoms with E-state index in [-0.39, 0.29) is 34.6 Å². The van der Waals surface area contributed by atoms with Crippen LogP contribution in [0.3, 0.4) is 0 Å². The van der Waals surface area contributed by atoms with Crippen molar-refractivity contribution in [2.24, 2.45) is 5.14 Å². The van der Waals surface area contributed by atoms with Crippen molar-refractivity contribution in [1.82, 2.24) is 15.3 Å². The summed E-state index contributed by atoms with van der Waals surface area (Å²) in [5.74, 6) is -0.325. The zero-order valence-electron chi connectivity index (χ0n) is 17.2. The van der Waals surface area contributed by atoms with Crippen LogP contribution in [0.25, 0.3) is 0 Å². The lowest BCUT2D eigenvalue weighted by Crippen LogP contribution is -2.31. The molecule has 1 saturated carbocycles. The van der Waals surface area contributed by atoms with E-state index in [1.807, 2.05) is 6.92 Å². The molecule has 1 heterocycles. The number of nitrogens with two attached hydrogens (primary N) is 1. The molecule has 0 spiro atoms. The summed E-state index contributed by atoms with van der Waals surface area (Å²) in [7, 11) is -3.98. The van der Waals surface area contributed by atoms with Gasteiger partial charge in [-0.1, -0.05) is 6.92 Å². The number of benzene rings is 1. The number of carbonyl (C=O) groups excluding carboxylic acids is 1. The molecule has 0 aliphatic heterocycles. The van der Waals surface area contributed by atoms with Crippen LogP contribution >= 0.6 is 0 Å². The van der Waals surface area contributed by atoms with Gasteiger partial charge in [0.15, 0.2) is 0 Å². The summed E-state index contributed by atoms with van der Waals surface area (Å²) in [6.45, 7) is 2.58. The van der Waals surface area contributed by atoms with Crippen molar-refractivity contribution in [3.05, 3.63) is 42.0 Å². The minimum atomic E-state index is -3.98. The Morgan fingerprint density at radius 3 is 2.48 bits per heavy atom. The molecule has 11 heteroatoms. The van der Waals surface area contributed by atoms with Gasteiger partial charge in [0.2, 0.25) is 16.0 Å². The summed E-state index contributed by atoms with van der Waals surface area (Å²) in [5, 5.41) is 10.4. The topological polar surface area (TPSA) is 136 Å². The Morgan fingerprint density at radius 2 is 1.90 bits per heavy atom. The fourth-order valence-corrected chi connectivity index (χ4v) is 3.97. The molecule has 1 aromatic carbocycles. The third-order valence-corrected chi connectivity index (χ3v) is 6.04. The largest absolute Gasteiger partial charge is 0.446 e. The lowest BCUT2D eigenvalue weighted by Gasteiger charge is -2.28. The molecule has 0 atom stereocenters. The maximum atomic E-state index is 14.2. The van der Waals surface area contributed by atoms with E-state index in [1.54, 1.807) is 12.4 Å². The summed E-state index contributed by atoms with van der Waals surface area (Å²) >= 11 is 0. The number of amides is 1. The first-order chi connectivity index (χ1) is 14.8. The number of nitrogens with zero attached hydrogens (tertiary/aromatic N) is 2. The average Bonchev–Trinajstić information content (AvgIpc) is 2.74. The van der Waals surface area contributed by atoms with Crippen molar-refractivity contribution in [2.45, 2.75) is 55.9 Å². The summed E-state index contributed by atoms with van der Waals surface area (Å²) < 4.78 is 42.2. The van der Waals surface area contributed by atoms with Gasteiger partial charge in [0.05, 0.1) is 10.6 Å². The van der Waals surface area contributed by atoms with E-state index in [4.69, 9.17) is 9.88 Å². The van der Waals surface area contributed by atoms with Crippen LogP contribution in [-0.2, 0) is 14.8 Å². The predicted octanol–water partition coefficient (Wildman–Crippen LogP) is 3.17. The van der Waals surface area contributed by atoms with E-state index in [9.17, 15) is 17.6 Å². The highest BCUT2D eigenvalue weighted by molar-refractivity contribution is 7.89. The third kappa shape index (κ3) is 6.34. The van der Waals surface area contributed by atoms with Crippen LogP contribution in [-0.4, -0.2) is 37.1 Å². The molecule has 168 valence electrons. The minimum Gasteiger partial charge on any atom is -0.446 e. The van der Waals surface area contributed by atoms with Crippen molar-refractivity contribution < 1.29 is 22.3 Å². The van der Waals surface area contributed by atoms with E-state index in [0.717, 1.165) is 43.7 Å². The number of carbonyl (C=O) groups is 1. The minimum absolute atomic E-state index is 0.0409. The second-order valence-electron chi connectivity index (χ2n) is 7.46. The first kappa shape index (κ1) is 22.9. The molecule has 3 rings (SSSR count). The first-order valence-electron chi connectivity index (χ1n) is 10.1. The van der Waals surface area contributed by atoms with Gasteiger partial charge in [-0.2, -0.15) is 0 Å².